The lowest BCUT2D eigenvalue weighted by Crippen LogP contribution is -2.64. The van der Waals surface area contributed by atoms with Crippen LogP contribution >= 0.6 is 0 Å². The molecule has 0 spiro atoms. The van der Waals surface area contributed by atoms with E-state index in [1.807, 2.05) is 49.2 Å². The first-order chi connectivity index (χ1) is 16.3. The summed E-state index contributed by atoms with van der Waals surface area (Å²) in [6.07, 6.45) is 1.21. The molecule has 3 aromatic rings. The zero-order valence-corrected chi connectivity index (χ0v) is 18.6. The highest BCUT2D eigenvalue weighted by Crippen LogP contribution is 2.41. The van der Waals surface area contributed by atoms with Crippen molar-refractivity contribution in [3.63, 3.8) is 0 Å². The molecule has 5 rings (SSSR count). The van der Waals surface area contributed by atoms with Crippen molar-refractivity contribution in [2.75, 3.05) is 11.6 Å². The Balaban J connectivity index is 1.86. The summed E-state index contributed by atoms with van der Waals surface area (Å²) in [6.45, 7) is 3.81. The van der Waals surface area contributed by atoms with Crippen molar-refractivity contribution in [3.8, 4) is 11.5 Å². The third-order valence-electron chi connectivity index (χ3n) is 6.28. The van der Waals surface area contributed by atoms with Crippen molar-refractivity contribution >= 4 is 5.91 Å². The molecule has 0 saturated heterocycles. The van der Waals surface area contributed by atoms with E-state index in [1.54, 1.807) is 4.90 Å². The predicted octanol–water partition coefficient (Wildman–Crippen LogP) is 3.53. The van der Waals surface area contributed by atoms with Crippen LogP contribution in [0.2, 0.25) is 0 Å². The van der Waals surface area contributed by atoms with E-state index in [4.69, 9.17) is 4.74 Å². The Morgan fingerprint density at radius 1 is 1.06 bits per heavy atom. The van der Waals surface area contributed by atoms with Crippen molar-refractivity contribution in [3.05, 3.63) is 93.4 Å². The quantitative estimate of drug-likeness (QED) is 0.624. The first-order valence-electron chi connectivity index (χ1n) is 11.0. The fraction of sp³-hybridized carbons (Fsp3) is 0.280. The number of rotatable bonds is 2. The van der Waals surface area contributed by atoms with E-state index in [0.717, 1.165) is 17.7 Å². The number of amides is 1. The van der Waals surface area contributed by atoms with Gasteiger partial charge in [0.2, 0.25) is 5.43 Å². The Labute approximate surface area is 194 Å². The van der Waals surface area contributed by atoms with E-state index < -0.39 is 40.9 Å². The largest absolute Gasteiger partial charge is 0.502 e. The number of carbonyl (C=O) groups excluding carboxylic acids is 1. The maximum atomic E-state index is 14.5. The monoisotopic (exact) mass is 467 g/mol. The van der Waals surface area contributed by atoms with Crippen LogP contribution in [0.4, 0.5) is 8.78 Å². The summed E-state index contributed by atoms with van der Waals surface area (Å²) in [7, 11) is 0. The van der Waals surface area contributed by atoms with Gasteiger partial charge in [-0.15, -0.1) is 0 Å². The molecule has 2 atom stereocenters. The summed E-state index contributed by atoms with van der Waals surface area (Å²) in [5, 5.41) is 12.4. The number of carbonyl (C=O) groups is 1. The maximum absolute atomic E-state index is 14.5. The van der Waals surface area contributed by atoms with Gasteiger partial charge in [-0.05, 0) is 25.5 Å². The molecular formula is C25H23F2N3O4. The summed E-state index contributed by atoms with van der Waals surface area (Å²) in [5.41, 5.74) is 0.232. The Morgan fingerprint density at radius 3 is 2.47 bits per heavy atom. The number of fused-ring (bicyclic) bond motifs is 4. The number of hydrogen-bond acceptors (Lipinski definition) is 5. The Morgan fingerprint density at radius 2 is 1.76 bits per heavy atom. The molecule has 0 unspecified atom stereocenters. The molecule has 0 radical (unpaired) electrons. The van der Waals surface area contributed by atoms with Gasteiger partial charge in [-0.3, -0.25) is 19.3 Å². The summed E-state index contributed by atoms with van der Waals surface area (Å²) in [4.78, 5) is 27.3. The molecule has 2 aliphatic heterocycles. The van der Waals surface area contributed by atoms with Crippen LogP contribution in [0, 0.1) is 11.6 Å². The van der Waals surface area contributed by atoms with Crippen molar-refractivity contribution in [1.29, 1.82) is 0 Å². The topological polar surface area (TPSA) is 75.0 Å². The van der Waals surface area contributed by atoms with Gasteiger partial charge in [-0.2, -0.15) is 0 Å². The van der Waals surface area contributed by atoms with Crippen LogP contribution in [0.25, 0.3) is 0 Å². The van der Waals surface area contributed by atoms with Gasteiger partial charge in [0, 0.05) is 36.4 Å². The van der Waals surface area contributed by atoms with Crippen molar-refractivity contribution in [2.24, 2.45) is 0 Å². The minimum absolute atomic E-state index is 0.138. The van der Waals surface area contributed by atoms with E-state index in [1.165, 1.54) is 16.9 Å². The summed E-state index contributed by atoms with van der Waals surface area (Å²) in [6, 6.07) is 11.4. The average molecular weight is 467 g/mol. The minimum atomic E-state index is -1.03. The van der Waals surface area contributed by atoms with Crippen LogP contribution in [0.5, 0.6) is 11.5 Å². The molecule has 9 heteroatoms. The molecule has 1 aromatic heterocycles. The van der Waals surface area contributed by atoms with Crippen LogP contribution in [-0.2, 0) is 0 Å². The number of pyridine rings is 1. The molecule has 7 nitrogen and oxygen atoms in total. The van der Waals surface area contributed by atoms with Crippen LogP contribution in [0.3, 0.4) is 0 Å². The Kier molecular flexibility index (Phi) is 5.27. The third-order valence-corrected chi connectivity index (χ3v) is 6.28. The maximum Gasteiger partial charge on any atom is 0.278 e. The number of aromatic nitrogens is 1. The Bertz CT molecular complexity index is 1330. The van der Waals surface area contributed by atoms with Gasteiger partial charge in [0.25, 0.3) is 5.91 Å². The third kappa shape index (κ3) is 3.30. The second kappa shape index (κ2) is 8.16. The van der Waals surface area contributed by atoms with Gasteiger partial charge < -0.3 is 14.7 Å². The standard InChI is InChI=1S/C25H23F2N3O4/c1-14(2)29-21-9-11-34-20-13-18(27)17(26)12-16(20)22(15-6-4-3-5-7-15)30(21)28-10-8-19(31)24(32)23(28)25(29)33/h3-8,10,12-14,21-22,32H,9,11H2,1-2H3/t21-,22+/m1/s1. The van der Waals surface area contributed by atoms with Gasteiger partial charge in [0.15, 0.2) is 23.1 Å². The molecule has 34 heavy (non-hydrogen) atoms. The number of benzene rings is 2. The highest BCUT2D eigenvalue weighted by atomic mass is 19.2. The van der Waals surface area contributed by atoms with Gasteiger partial charge in [-0.1, -0.05) is 30.3 Å². The van der Waals surface area contributed by atoms with Gasteiger partial charge in [-0.25, -0.2) is 8.78 Å². The highest BCUT2D eigenvalue weighted by molar-refractivity contribution is 5.96. The van der Waals surface area contributed by atoms with Gasteiger partial charge in [0.05, 0.1) is 6.61 Å². The van der Waals surface area contributed by atoms with Gasteiger partial charge >= 0.3 is 0 Å². The van der Waals surface area contributed by atoms with Crippen molar-refractivity contribution in [2.45, 2.75) is 38.5 Å². The first-order valence-corrected chi connectivity index (χ1v) is 11.0. The lowest BCUT2D eigenvalue weighted by atomic mass is 9.94. The predicted molar refractivity (Wildman–Crippen MR) is 120 cm³/mol. The smallest absolute Gasteiger partial charge is 0.278 e. The summed E-state index contributed by atoms with van der Waals surface area (Å²) in [5.74, 6) is -3.03. The number of ether oxygens (including phenoxy) is 1. The van der Waals surface area contributed by atoms with E-state index >= 15 is 0 Å². The van der Waals surface area contributed by atoms with Crippen LogP contribution in [0.1, 0.15) is 47.9 Å². The molecule has 0 aliphatic carbocycles. The molecule has 2 aromatic carbocycles. The molecule has 2 aliphatic rings. The summed E-state index contributed by atoms with van der Waals surface area (Å²) >= 11 is 0. The van der Waals surface area contributed by atoms with E-state index in [9.17, 15) is 23.5 Å². The SMILES string of the molecule is CC(C)N1C(=O)c2c(O)c(=O)ccn2N2[C@@H](c3ccccc3)c3cc(F)c(F)cc3OCC[C@H]12. The molecule has 1 N–H and O–H groups in total. The van der Waals surface area contributed by atoms with Crippen LogP contribution < -0.4 is 15.2 Å². The second-order valence-electron chi connectivity index (χ2n) is 8.64. The van der Waals surface area contributed by atoms with Crippen molar-refractivity contribution < 1.29 is 23.4 Å². The average Bonchev–Trinajstić information content (AvgIpc) is 2.80. The minimum Gasteiger partial charge on any atom is -0.502 e. The fourth-order valence-electron chi connectivity index (χ4n) is 4.85. The van der Waals surface area contributed by atoms with Crippen LogP contribution in [-0.4, -0.2) is 39.4 Å². The molecule has 0 saturated carbocycles. The molecule has 176 valence electrons. The zero-order chi connectivity index (χ0) is 24.1. The highest BCUT2D eigenvalue weighted by Gasteiger charge is 2.45. The number of halogens is 2. The number of aromatic hydroxyl groups is 1. The number of hydrogen-bond donors (Lipinski definition) is 1. The summed E-state index contributed by atoms with van der Waals surface area (Å²) < 4.78 is 36.0. The van der Waals surface area contributed by atoms with Crippen molar-refractivity contribution in [1.82, 2.24) is 9.58 Å². The molecule has 3 heterocycles. The molecule has 0 fully saturated rings. The van der Waals surface area contributed by atoms with Crippen LogP contribution in [0.15, 0.2) is 59.5 Å². The zero-order valence-electron chi connectivity index (χ0n) is 18.6. The lowest BCUT2D eigenvalue weighted by molar-refractivity contribution is 0.0407. The molecular weight excluding hydrogens is 444 g/mol. The lowest BCUT2D eigenvalue weighted by Gasteiger charge is -2.52. The molecule has 0 bridgehead atoms. The molecule has 1 amide bonds. The fourth-order valence-corrected chi connectivity index (χ4v) is 4.85. The van der Waals surface area contributed by atoms with E-state index in [0.29, 0.717) is 12.0 Å². The van der Waals surface area contributed by atoms with Gasteiger partial charge in [0.1, 0.15) is 18.0 Å². The van der Waals surface area contributed by atoms with E-state index in [-0.39, 0.29) is 24.1 Å². The Hall–Kier alpha value is -3.88. The second-order valence-corrected chi connectivity index (χ2v) is 8.64. The number of nitrogens with zero attached hydrogens (tertiary/aromatic N) is 3. The first kappa shape index (κ1) is 21.9. The normalized spacial score (nSPS) is 19.6. The van der Waals surface area contributed by atoms with E-state index in [2.05, 4.69) is 0 Å².